The second kappa shape index (κ2) is 9.67. The fraction of sp³-hybridized carbons (Fsp3) is 0.286. The van der Waals surface area contributed by atoms with Crippen LogP contribution in [0.1, 0.15) is 22.1 Å². The summed E-state index contributed by atoms with van der Waals surface area (Å²) in [5, 5.41) is 43.1. The average Bonchev–Trinajstić information content (AvgIpc) is 3.06. The summed E-state index contributed by atoms with van der Waals surface area (Å²) in [4.78, 5) is 24.5. The molecule has 1 aliphatic heterocycles. The maximum Gasteiger partial charge on any atom is 0.292 e. The first-order chi connectivity index (χ1) is 14.8. The number of aliphatic hydroxyl groups is 3. The first-order valence-electron chi connectivity index (χ1n) is 9.35. The summed E-state index contributed by atoms with van der Waals surface area (Å²) in [6.45, 7) is -0.474. The number of nitrogens with one attached hydrogen (secondary N) is 1. The smallest absolute Gasteiger partial charge is 0.292 e. The Morgan fingerprint density at radius 2 is 2.06 bits per heavy atom. The molecule has 1 aliphatic rings. The second-order valence-corrected chi connectivity index (χ2v) is 6.83. The molecule has 2 aromatic rings. The lowest BCUT2D eigenvalue weighted by atomic mass is 10.1. The number of rotatable bonds is 6. The summed E-state index contributed by atoms with van der Waals surface area (Å²) in [6, 6.07) is 7.33. The van der Waals surface area contributed by atoms with Crippen LogP contribution in [0.4, 0.5) is 0 Å². The highest BCUT2D eigenvalue weighted by Gasteiger charge is 2.48. The van der Waals surface area contributed by atoms with Gasteiger partial charge in [0.15, 0.2) is 18.5 Å². The zero-order valence-corrected chi connectivity index (χ0v) is 16.5. The Kier molecular flexibility index (Phi) is 6.98. The van der Waals surface area contributed by atoms with Crippen molar-refractivity contribution in [3.05, 3.63) is 59.9 Å². The first-order valence-corrected chi connectivity index (χ1v) is 9.35. The van der Waals surface area contributed by atoms with Crippen LogP contribution < -0.4 is 19.7 Å². The van der Waals surface area contributed by atoms with Gasteiger partial charge in [-0.15, -0.1) is 0 Å². The van der Waals surface area contributed by atoms with Crippen LogP contribution in [0, 0.1) is 0 Å². The molecular formula is C21H22N2O8. The van der Waals surface area contributed by atoms with Gasteiger partial charge in [-0.1, -0.05) is 17.9 Å². The zero-order chi connectivity index (χ0) is 22.5. The molecule has 4 N–H and O–H groups in total. The molecule has 0 spiro atoms. The van der Waals surface area contributed by atoms with Gasteiger partial charge < -0.3 is 29.9 Å². The predicted molar refractivity (Wildman–Crippen MR) is 104 cm³/mol. The quantitative estimate of drug-likeness (QED) is 0.324. The normalized spacial score (nSPS) is 23.1. The maximum atomic E-state index is 12.4. The SMILES string of the molecule is COc1ccc(/C=C/C(=O)NC(=O)c2ccc[n+]([C@@H]3O[C@H](CO)[C@@H](O)[C@H]3O)c2)cc1[O-]. The van der Waals surface area contributed by atoms with Gasteiger partial charge in [-0.3, -0.25) is 14.9 Å². The molecule has 1 aromatic heterocycles. The highest BCUT2D eigenvalue weighted by atomic mass is 16.6. The summed E-state index contributed by atoms with van der Waals surface area (Å²) in [5.74, 6) is -1.55. The van der Waals surface area contributed by atoms with E-state index in [1.807, 2.05) is 0 Å². The summed E-state index contributed by atoms with van der Waals surface area (Å²) in [6.07, 6.45) is 0.814. The van der Waals surface area contributed by atoms with Gasteiger partial charge in [-0.05, 0) is 23.8 Å². The van der Waals surface area contributed by atoms with E-state index in [-0.39, 0.29) is 17.1 Å². The monoisotopic (exact) mass is 430 g/mol. The summed E-state index contributed by atoms with van der Waals surface area (Å²) < 4.78 is 11.7. The molecule has 0 unspecified atom stereocenters. The molecule has 164 valence electrons. The molecule has 1 fully saturated rings. The molecular weight excluding hydrogens is 408 g/mol. The van der Waals surface area contributed by atoms with Crippen molar-refractivity contribution in [2.45, 2.75) is 24.5 Å². The Morgan fingerprint density at radius 1 is 1.29 bits per heavy atom. The number of pyridine rings is 1. The molecule has 31 heavy (non-hydrogen) atoms. The molecule has 3 rings (SSSR count). The van der Waals surface area contributed by atoms with Gasteiger partial charge in [0.1, 0.15) is 23.5 Å². The van der Waals surface area contributed by atoms with Gasteiger partial charge in [0.2, 0.25) is 0 Å². The average molecular weight is 430 g/mol. The van der Waals surface area contributed by atoms with Crippen molar-refractivity contribution in [1.82, 2.24) is 5.32 Å². The molecule has 1 saturated heterocycles. The Hall–Kier alpha value is -3.31. The number of ether oxygens (including phenoxy) is 2. The highest BCUT2D eigenvalue weighted by molar-refractivity contribution is 6.08. The lowest BCUT2D eigenvalue weighted by Crippen LogP contribution is -2.46. The lowest BCUT2D eigenvalue weighted by Gasteiger charge is -2.12. The van der Waals surface area contributed by atoms with Crippen molar-refractivity contribution >= 4 is 17.9 Å². The Bertz CT molecular complexity index is 993. The summed E-state index contributed by atoms with van der Waals surface area (Å²) >= 11 is 0. The van der Waals surface area contributed by atoms with Crippen LogP contribution in [0.25, 0.3) is 6.08 Å². The standard InChI is InChI=1S/C21H22N2O8/c1-30-15-6-4-12(9-14(15)25)5-7-17(26)22-20(29)13-3-2-8-23(10-13)21-19(28)18(27)16(11-24)31-21/h2-10,16,18-19,21,24,27-28H,11H2,1H3,(H-,22,25,26,29)/b7-5+/t16-,18-,19-,21-/m1/s1. The molecule has 0 saturated carbocycles. The molecule has 0 aliphatic carbocycles. The number of nitrogens with zero attached hydrogens (tertiary/aromatic N) is 1. The second-order valence-electron chi connectivity index (χ2n) is 6.83. The van der Waals surface area contributed by atoms with Crippen molar-refractivity contribution in [3.63, 3.8) is 0 Å². The Morgan fingerprint density at radius 3 is 2.71 bits per heavy atom. The third-order valence-corrected chi connectivity index (χ3v) is 4.75. The number of hydrogen-bond acceptors (Lipinski definition) is 8. The van der Waals surface area contributed by atoms with E-state index in [1.165, 1.54) is 54.4 Å². The van der Waals surface area contributed by atoms with Crippen LogP contribution in [0.2, 0.25) is 0 Å². The fourth-order valence-corrected chi connectivity index (χ4v) is 3.11. The van der Waals surface area contributed by atoms with Crippen LogP contribution in [0.5, 0.6) is 11.5 Å². The molecule has 10 nitrogen and oxygen atoms in total. The van der Waals surface area contributed by atoms with Gasteiger partial charge >= 0.3 is 0 Å². The zero-order valence-electron chi connectivity index (χ0n) is 16.5. The van der Waals surface area contributed by atoms with E-state index in [2.05, 4.69) is 5.32 Å². The van der Waals surface area contributed by atoms with Gasteiger partial charge in [0, 0.05) is 12.1 Å². The van der Waals surface area contributed by atoms with Gasteiger partial charge in [0.05, 0.1) is 13.7 Å². The molecule has 10 heteroatoms. The summed E-state index contributed by atoms with van der Waals surface area (Å²) in [5.41, 5.74) is 0.573. The fourth-order valence-electron chi connectivity index (χ4n) is 3.11. The van der Waals surface area contributed by atoms with E-state index >= 15 is 0 Å². The first kappa shape index (κ1) is 22.4. The third kappa shape index (κ3) is 5.06. The number of imide groups is 1. The van der Waals surface area contributed by atoms with Gasteiger partial charge in [-0.25, -0.2) is 0 Å². The number of benzene rings is 1. The van der Waals surface area contributed by atoms with Crippen LogP contribution in [-0.4, -0.2) is 59.2 Å². The van der Waals surface area contributed by atoms with E-state index in [9.17, 15) is 30.0 Å². The number of carbonyl (C=O) groups excluding carboxylic acids is 2. The van der Waals surface area contributed by atoms with E-state index in [0.29, 0.717) is 5.56 Å². The number of hydrogen-bond donors (Lipinski definition) is 4. The highest BCUT2D eigenvalue weighted by Crippen LogP contribution is 2.25. The van der Waals surface area contributed by atoms with Crippen LogP contribution in [0.3, 0.4) is 0 Å². The number of amides is 2. The Labute approximate surface area is 177 Å². The predicted octanol–water partition coefficient (Wildman–Crippen LogP) is -1.36. The van der Waals surface area contributed by atoms with Crippen molar-refractivity contribution in [1.29, 1.82) is 0 Å². The minimum atomic E-state index is -1.31. The number of methoxy groups -OCH3 is 1. The van der Waals surface area contributed by atoms with E-state index < -0.39 is 43.0 Å². The van der Waals surface area contributed by atoms with Crippen molar-refractivity contribution < 1.29 is 44.1 Å². The van der Waals surface area contributed by atoms with E-state index in [0.717, 1.165) is 6.08 Å². The van der Waals surface area contributed by atoms with Crippen molar-refractivity contribution in [2.75, 3.05) is 13.7 Å². The van der Waals surface area contributed by atoms with Crippen LogP contribution in [0.15, 0.2) is 48.8 Å². The van der Waals surface area contributed by atoms with Crippen molar-refractivity contribution in [3.8, 4) is 11.5 Å². The number of aromatic nitrogens is 1. The molecule has 1 aromatic carbocycles. The topological polar surface area (TPSA) is 152 Å². The largest absolute Gasteiger partial charge is 0.870 e. The third-order valence-electron chi connectivity index (χ3n) is 4.75. The molecule has 2 amide bonds. The molecule has 0 radical (unpaired) electrons. The summed E-state index contributed by atoms with van der Waals surface area (Å²) in [7, 11) is 1.38. The number of carbonyl (C=O) groups is 2. The van der Waals surface area contributed by atoms with Crippen LogP contribution in [-0.2, 0) is 9.53 Å². The van der Waals surface area contributed by atoms with Gasteiger partial charge in [0.25, 0.3) is 18.0 Å². The van der Waals surface area contributed by atoms with Gasteiger partial charge in [-0.2, -0.15) is 4.57 Å². The molecule has 4 atom stereocenters. The van der Waals surface area contributed by atoms with E-state index in [1.54, 1.807) is 6.07 Å². The van der Waals surface area contributed by atoms with Crippen molar-refractivity contribution in [2.24, 2.45) is 0 Å². The lowest BCUT2D eigenvalue weighted by molar-refractivity contribution is -0.765. The molecule has 0 bridgehead atoms. The minimum absolute atomic E-state index is 0.105. The Balaban J connectivity index is 1.66. The maximum absolute atomic E-state index is 12.4. The molecule has 2 heterocycles. The minimum Gasteiger partial charge on any atom is -0.870 e. The number of aliphatic hydroxyl groups excluding tert-OH is 3. The van der Waals surface area contributed by atoms with E-state index in [4.69, 9.17) is 9.47 Å². The van der Waals surface area contributed by atoms with Crippen LogP contribution >= 0.6 is 0 Å².